The van der Waals surface area contributed by atoms with Crippen LogP contribution in [0.2, 0.25) is 0 Å². The molecule has 0 unspecified atom stereocenters. The lowest BCUT2D eigenvalue weighted by molar-refractivity contribution is -0.117. The first-order chi connectivity index (χ1) is 7.47. The molecule has 0 saturated heterocycles. The quantitative estimate of drug-likeness (QED) is 0.728. The van der Waals surface area contributed by atoms with Crippen molar-refractivity contribution < 1.29 is 9.90 Å². The Balaban J connectivity index is 2.91. The largest absolute Gasteiger partial charge is 0.507 e. The minimum Gasteiger partial charge on any atom is -0.507 e. The van der Waals surface area contributed by atoms with E-state index in [0.29, 0.717) is 17.7 Å². The van der Waals surface area contributed by atoms with Crippen LogP contribution in [0, 0.1) is 13.8 Å². The second-order valence-electron chi connectivity index (χ2n) is 3.91. The van der Waals surface area contributed by atoms with Gasteiger partial charge >= 0.3 is 0 Å². The maximum atomic E-state index is 11.6. The van der Waals surface area contributed by atoms with Crippen LogP contribution < -0.4 is 11.1 Å². The number of benzene rings is 1. The molecule has 1 amide bonds. The fourth-order valence-corrected chi connectivity index (χ4v) is 1.38. The van der Waals surface area contributed by atoms with E-state index in [1.165, 1.54) is 0 Å². The van der Waals surface area contributed by atoms with Gasteiger partial charge in [0.2, 0.25) is 5.91 Å². The van der Waals surface area contributed by atoms with Gasteiger partial charge in [-0.15, -0.1) is 0 Å². The molecular weight excluding hydrogens is 204 g/mol. The van der Waals surface area contributed by atoms with Gasteiger partial charge in [-0.25, -0.2) is 0 Å². The van der Waals surface area contributed by atoms with Crippen LogP contribution in [0.3, 0.4) is 0 Å². The summed E-state index contributed by atoms with van der Waals surface area (Å²) >= 11 is 0. The fraction of sp³-hybridized carbons (Fsp3) is 0.417. The van der Waals surface area contributed by atoms with Crippen LogP contribution in [0.1, 0.15) is 24.5 Å². The van der Waals surface area contributed by atoms with Crippen LogP contribution >= 0.6 is 0 Å². The Morgan fingerprint density at radius 3 is 2.69 bits per heavy atom. The molecule has 0 aromatic heterocycles. The number of nitrogens with one attached hydrogen (secondary N) is 1. The van der Waals surface area contributed by atoms with Gasteiger partial charge in [0, 0.05) is 11.3 Å². The van der Waals surface area contributed by atoms with Crippen molar-refractivity contribution in [2.45, 2.75) is 33.2 Å². The summed E-state index contributed by atoms with van der Waals surface area (Å²) in [5.74, 6) is -0.0169. The molecule has 0 radical (unpaired) electrons. The lowest BCUT2D eigenvalue weighted by Crippen LogP contribution is -2.35. The third kappa shape index (κ3) is 2.52. The maximum Gasteiger partial charge on any atom is 0.241 e. The minimum atomic E-state index is -0.511. The summed E-state index contributed by atoms with van der Waals surface area (Å²) in [6.45, 7) is 5.42. The van der Waals surface area contributed by atoms with Crippen molar-refractivity contribution >= 4 is 11.6 Å². The smallest absolute Gasteiger partial charge is 0.241 e. The number of carbonyl (C=O) groups excluding carboxylic acids is 1. The van der Waals surface area contributed by atoms with Gasteiger partial charge in [-0.3, -0.25) is 4.79 Å². The van der Waals surface area contributed by atoms with E-state index in [2.05, 4.69) is 5.32 Å². The summed E-state index contributed by atoms with van der Waals surface area (Å²) in [5.41, 5.74) is 7.67. The summed E-state index contributed by atoms with van der Waals surface area (Å²) in [5, 5.41) is 12.4. The molecule has 1 aromatic carbocycles. The summed E-state index contributed by atoms with van der Waals surface area (Å²) in [6.07, 6.45) is 0.586. The van der Waals surface area contributed by atoms with E-state index in [1.807, 2.05) is 13.8 Å². The molecule has 4 nitrogen and oxygen atoms in total. The third-order valence-corrected chi connectivity index (χ3v) is 2.67. The highest BCUT2D eigenvalue weighted by Crippen LogP contribution is 2.27. The van der Waals surface area contributed by atoms with Gasteiger partial charge in [-0.05, 0) is 31.9 Å². The first-order valence-corrected chi connectivity index (χ1v) is 5.33. The van der Waals surface area contributed by atoms with Gasteiger partial charge in [0.1, 0.15) is 5.75 Å². The number of nitrogens with two attached hydrogens (primary N) is 1. The van der Waals surface area contributed by atoms with Crippen LogP contribution in [0.4, 0.5) is 5.69 Å². The van der Waals surface area contributed by atoms with Crippen molar-refractivity contribution in [3.8, 4) is 5.75 Å². The summed E-state index contributed by atoms with van der Waals surface area (Å²) in [7, 11) is 0. The highest BCUT2D eigenvalue weighted by molar-refractivity contribution is 5.95. The number of hydrogen-bond acceptors (Lipinski definition) is 3. The molecule has 0 aliphatic rings. The number of amides is 1. The molecule has 4 N–H and O–H groups in total. The number of phenolic OH excluding ortho intramolecular Hbond substituents is 1. The Morgan fingerprint density at radius 1 is 1.50 bits per heavy atom. The molecule has 0 saturated carbocycles. The van der Waals surface area contributed by atoms with E-state index in [1.54, 1.807) is 19.1 Å². The normalized spacial score (nSPS) is 12.2. The maximum absolute atomic E-state index is 11.6. The predicted molar refractivity (Wildman–Crippen MR) is 64.5 cm³/mol. The van der Waals surface area contributed by atoms with Gasteiger partial charge < -0.3 is 16.2 Å². The summed E-state index contributed by atoms with van der Waals surface area (Å²) < 4.78 is 0. The number of hydrogen-bond donors (Lipinski definition) is 3. The zero-order valence-corrected chi connectivity index (χ0v) is 9.87. The first kappa shape index (κ1) is 12.5. The number of phenols is 1. The number of carbonyl (C=O) groups is 1. The zero-order chi connectivity index (χ0) is 12.3. The van der Waals surface area contributed by atoms with Crippen molar-refractivity contribution in [2.24, 2.45) is 5.73 Å². The molecule has 1 atom stereocenters. The van der Waals surface area contributed by atoms with Gasteiger partial charge in [0.15, 0.2) is 0 Å². The van der Waals surface area contributed by atoms with Gasteiger partial charge in [0.25, 0.3) is 0 Å². The second kappa shape index (κ2) is 4.99. The van der Waals surface area contributed by atoms with Gasteiger partial charge in [0.05, 0.1) is 6.04 Å². The second-order valence-corrected chi connectivity index (χ2v) is 3.91. The summed E-state index contributed by atoms with van der Waals surface area (Å²) in [6, 6.07) is 3.02. The number of aromatic hydroxyl groups is 1. The van der Waals surface area contributed by atoms with E-state index in [0.717, 1.165) is 5.56 Å². The highest BCUT2D eigenvalue weighted by Gasteiger charge is 2.13. The Morgan fingerprint density at radius 2 is 2.12 bits per heavy atom. The molecule has 0 aliphatic carbocycles. The molecule has 16 heavy (non-hydrogen) atoms. The molecule has 0 heterocycles. The van der Waals surface area contributed by atoms with E-state index >= 15 is 0 Å². The third-order valence-electron chi connectivity index (χ3n) is 2.67. The Labute approximate surface area is 95.5 Å². The van der Waals surface area contributed by atoms with E-state index in [4.69, 9.17) is 5.73 Å². The SMILES string of the molecule is CC[C@H](N)C(=O)Nc1ccc(C)c(O)c1C. The molecule has 0 fully saturated rings. The van der Waals surface area contributed by atoms with Gasteiger partial charge in [-0.2, -0.15) is 0 Å². The van der Waals surface area contributed by atoms with Crippen molar-refractivity contribution in [1.29, 1.82) is 0 Å². The Hall–Kier alpha value is -1.55. The molecule has 1 aromatic rings. The average Bonchev–Trinajstić information content (AvgIpc) is 2.28. The van der Waals surface area contributed by atoms with E-state index in [-0.39, 0.29) is 11.7 Å². The molecule has 88 valence electrons. The van der Waals surface area contributed by atoms with Gasteiger partial charge in [-0.1, -0.05) is 13.0 Å². The number of aryl methyl sites for hydroxylation is 1. The molecule has 1 rings (SSSR count). The first-order valence-electron chi connectivity index (χ1n) is 5.33. The van der Waals surface area contributed by atoms with Crippen LogP contribution in [0.15, 0.2) is 12.1 Å². The van der Waals surface area contributed by atoms with Crippen LogP contribution in [0.25, 0.3) is 0 Å². The lowest BCUT2D eigenvalue weighted by Gasteiger charge is -2.13. The minimum absolute atomic E-state index is 0.211. The van der Waals surface area contributed by atoms with E-state index in [9.17, 15) is 9.90 Å². The molecule has 4 heteroatoms. The number of anilines is 1. The summed E-state index contributed by atoms with van der Waals surface area (Å²) in [4.78, 5) is 11.6. The van der Waals surface area contributed by atoms with E-state index < -0.39 is 6.04 Å². The Kier molecular flexibility index (Phi) is 3.90. The predicted octanol–water partition coefficient (Wildman–Crippen LogP) is 1.68. The van der Waals surface area contributed by atoms with Crippen molar-refractivity contribution in [3.63, 3.8) is 0 Å². The highest BCUT2D eigenvalue weighted by atomic mass is 16.3. The molecular formula is C12H18N2O2. The average molecular weight is 222 g/mol. The van der Waals surface area contributed by atoms with Crippen LogP contribution in [0.5, 0.6) is 5.75 Å². The van der Waals surface area contributed by atoms with Crippen molar-refractivity contribution in [3.05, 3.63) is 23.3 Å². The van der Waals surface area contributed by atoms with Crippen LogP contribution in [-0.4, -0.2) is 17.1 Å². The molecule has 0 bridgehead atoms. The Bertz CT molecular complexity index is 402. The monoisotopic (exact) mass is 222 g/mol. The molecule has 0 aliphatic heterocycles. The standard InChI is InChI=1S/C12H18N2O2/c1-4-9(13)12(16)14-10-6-5-7(2)11(15)8(10)3/h5-6,9,15H,4,13H2,1-3H3,(H,14,16)/t9-/m0/s1. The lowest BCUT2D eigenvalue weighted by atomic mass is 10.1. The number of rotatable bonds is 3. The van der Waals surface area contributed by atoms with Crippen molar-refractivity contribution in [2.75, 3.05) is 5.32 Å². The molecule has 0 spiro atoms. The van der Waals surface area contributed by atoms with Crippen molar-refractivity contribution in [1.82, 2.24) is 0 Å². The fourth-order valence-electron chi connectivity index (χ4n) is 1.38. The zero-order valence-electron chi connectivity index (χ0n) is 9.87. The van der Waals surface area contributed by atoms with Crippen LogP contribution in [-0.2, 0) is 4.79 Å². The topological polar surface area (TPSA) is 75.4 Å².